The summed E-state index contributed by atoms with van der Waals surface area (Å²) >= 11 is 0. The van der Waals surface area contributed by atoms with Crippen LogP contribution in [0.1, 0.15) is 24.0 Å². The Kier molecular flexibility index (Phi) is 4.85. The summed E-state index contributed by atoms with van der Waals surface area (Å²) < 4.78 is 0. The van der Waals surface area contributed by atoms with Crippen molar-refractivity contribution in [1.29, 1.82) is 0 Å². The summed E-state index contributed by atoms with van der Waals surface area (Å²) in [6.07, 6.45) is 3.45. The zero-order chi connectivity index (χ0) is 13.5. The molecule has 100 valence electrons. The molecule has 0 spiro atoms. The maximum atomic E-state index is 5.76. The lowest BCUT2D eigenvalue weighted by atomic mass is 10.1. The lowest BCUT2D eigenvalue weighted by molar-refractivity contribution is 0.763. The first kappa shape index (κ1) is 13.5. The highest BCUT2D eigenvalue weighted by molar-refractivity contribution is 5.44. The zero-order valence-corrected chi connectivity index (χ0v) is 11.5. The summed E-state index contributed by atoms with van der Waals surface area (Å²) in [4.78, 5) is 0. The zero-order valence-electron chi connectivity index (χ0n) is 11.5. The number of hydrogen-bond acceptors (Lipinski definition) is 2. The Hall–Kier alpha value is -1.96. The van der Waals surface area contributed by atoms with E-state index >= 15 is 0 Å². The Labute approximate surface area is 115 Å². The molecule has 3 N–H and O–H groups in total. The molecule has 0 bridgehead atoms. The number of unbranched alkanes of at least 4 members (excludes halogenated alkanes) is 1. The smallest absolute Gasteiger partial charge is 0.0340 e. The number of anilines is 2. The van der Waals surface area contributed by atoms with Gasteiger partial charge in [0.15, 0.2) is 0 Å². The van der Waals surface area contributed by atoms with E-state index in [-0.39, 0.29) is 0 Å². The molecule has 0 aromatic heterocycles. The van der Waals surface area contributed by atoms with Crippen molar-refractivity contribution in [2.75, 3.05) is 17.6 Å². The van der Waals surface area contributed by atoms with E-state index in [0.717, 1.165) is 18.7 Å². The average Bonchev–Trinajstić information content (AvgIpc) is 2.41. The van der Waals surface area contributed by atoms with Crippen molar-refractivity contribution in [2.24, 2.45) is 0 Å². The summed E-state index contributed by atoms with van der Waals surface area (Å²) in [6, 6.07) is 16.7. The number of hydrogen-bond donors (Lipinski definition) is 2. The third-order valence-corrected chi connectivity index (χ3v) is 3.22. The second kappa shape index (κ2) is 6.83. The van der Waals surface area contributed by atoms with Crippen LogP contribution in [0.2, 0.25) is 0 Å². The van der Waals surface area contributed by atoms with Gasteiger partial charge in [0.25, 0.3) is 0 Å². The number of nitrogens with two attached hydrogens (primary N) is 1. The Morgan fingerprint density at radius 1 is 1.00 bits per heavy atom. The number of rotatable bonds is 6. The van der Waals surface area contributed by atoms with Crippen LogP contribution in [-0.2, 0) is 6.42 Å². The van der Waals surface area contributed by atoms with Crippen LogP contribution in [0.3, 0.4) is 0 Å². The number of nitrogen functional groups attached to an aromatic ring is 1. The number of benzene rings is 2. The predicted molar refractivity (Wildman–Crippen MR) is 83.5 cm³/mol. The van der Waals surface area contributed by atoms with E-state index in [0.29, 0.717) is 0 Å². The van der Waals surface area contributed by atoms with Crippen LogP contribution < -0.4 is 11.1 Å². The Morgan fingerprint density at radius 3 is 2.53 bits per heavy atom. The van der Waals surface area contributed by atoms with Gasteiger partial charge in [-0.3, -0.25) is 0 Å². The van der Waals surface area contributed by atoms with Gasteiger partial charge in [0.2, 0.25) is 0 Å². The second-order valence-electron chi connectivity index (χ2n) is 4.99. The lowest BCUT2D eigenvalue weighted by Crippen LogP contribution is -2.02. The maximum Gasteiger partial charge on any atom is 0.0340 e. The van der Waals surface area contributed by atoms with Crippen LogP contribution in [0.4, 0.5) is 11.4 Å². The first-order valence-electron chi connectivity index (χ1n) is 6.89. The molecular weight excluding hydrogens is 232 g/mol. The average molecular weight is 254 g/mol. The number of nitrogens with one attached hydrogen (secondary N) is 1. The Morgan fingerprint density at radius 2 is 1.79 bits per heavy atom. The fourth-order valence-corrected chi connectivity index (χ4v) is 2.11. The minimum Gasteiger partial charge on any atom is -0.399 e. The van der Waals surface area contributed by atoms with Gasteiger partial charge in [-0.25, -0.2) is 0 Å². The molecule has 0 saturated carbocycles. The van der Waals surface area contributed by atoms with Gasteiger partial charge in [0.1, 0.15) is 0 Å². The lowest BCUT2D eigenvalue weighted by Gasteiger charge is -2.07. The Bertz CT molecular complexity index is 503. The van der Waals surface area contributed by atoms with Crippen LogP contribution >= 0.6 is 0 Å². The van der Waals surface area contributed by atoms with Gasteiger partial charge in [-0.1, -0.05) is 29.8 Å². The third kappa shape index (κ3) is 4.66. The predicted octanol–water partition coefficient (Wildman–Crippen LogP) is 4.01. The first-order valence-corrected chi connectivity index (χ1v) is 6.89. The van der Waals surface area contributed by atoms with E-state index in [2.05, 4.69) is 48.6 Å². The maximum absolute atomic E-state index is 5.76. The largest absolute Gasteiger partial charge is 0.399 e. The summed E-state index contributed by atoms with van der Waals surface area (Å²) in [5, 5.41) is 3.44. The van der Waals surface area contributed by atoms with E-state index in [4.69, 9.17) is 5.73 Å². The fourth-order valence-electron chi connectivity index (χ4n) is 2.11. The van der Waals surface area contributed by atoms with Gasteiger partial charge in [0, 0.05) is 17.9 Å². The van der Waals surface area contributed by atoms with E-state index < -0.39 is 0 Å². The van der Waals surface area contributed by atoms with Crippen molar-refractivity contribution in [3.8, 4) is 0 Å². The van der Waals surface area contributed by atoms with E-state index in [9.17, 15) is 0 Å². The van der Waals surface area contributed by atoms with Gasteiger partial charge in [-0.15, -0.1) is 0 Å². The highest BCUT2D eigenvalue weighted by Crippen LogP contribution is 2.11. The first-order chi connectivity index (χ1) is 9.24. The van der Waals surface area contributed by atoms with Gasteiger partial charge >= 0.3 is 0 Å². The summed E-state index contributed by atoms with van der Waals surface area (Å²) in [5.74, 6) is 0. The molecule has 0 fully saturated rings. The van der Waals surface area contributed by atoms with Crippen LogP contribution in [-0.4, -0.2) is 6.54 Å². The van der Waals surface area contributed by atoms with Gasteiger partial charge < -0.3 is 11.1 Å². The second-order valence-corrected chi connectivity index (χ2v) is 4.99. The standard InChI is InChI=1S/C17H22N2/c1-14-8-10-17(11-9-14)19-12-3-2-5-15-6-4-7-16(18)13-15/h4,6-11,13,19H,2-3,5,12,18H2,1H3. The molecule has 0 aliphatic carbocycles. The van der Waals surface area contributed by atoms with Gasteiger partial charge in [0.05, 0.1) is 0 Å². The molecule has 0 unspecified atom stereocenters. The molecule has 2 aromatic carbocycles. The van der Waals surface area contributed by atoms with Crippen LogP contribution in [0.5, 0.6) is 0 Å². The molecule has 2 heteroatoms. The Balaban J connectivity index is 1.66. The van der Waals surface area contributed by atoms with Crippen LogP contribution in [0.15, 0.2) is 48.5 Å². The minimum atomic E-state index is 0.857. The molecule has 0 radical (unpaired) electrons. The minimum absolute atomic E-state index is 0.857. The van der Waals surface area contributed by atoms with Crippen molar-refractivity contribution in [3.63, 3.8) is 0 Å². The molecule has 0 aliphatic rings. The molecule has 2 rings (SSSR count). The van der Waals surface area contributed by atoms with Gasteiger partial charge in [-0.05, 0) is 56.0 Å². The van der Waals surface area contributed by atoms with Crippen molar-refractivity contribution in [2.45, 2.75) is 26.2 Å². The monoisotopic (exact) mass is 254 g/mol. The van der Waals surface area contributed by atoms with Crippen molar-refractivity contribution in [3.05, 3.63) is 59.7 Å². The normalized spacial score (nSPS) is 10.4. The molecule has 0 heterocycles. The summed E-state index contributed by atoms with van der Waals surface area (Å²) in [7, 11) is 0. The molecule has 2 aromatic rings. The molecule has 2 nitrogen and oxygen atoms in total. The van der Waals surface area contributed by atoms with Gasteiger partial charge in [-0.2, -0.15) is 0 Å². The quantitative estimate of drug-likeness (QED) is 0.603. The third-order valence-electron chi connectivity index (χ3n) is 3.22. The van der Waals surface area contributed by atoms with Crippen molar-refractivity contribution in [1.82, 2.24) is 0 Å². The molecule has 0 atom stereocenters. The van der Waals surface area contributed by atoms with E-state index in [1.54, 1.807) is 0 Å². The summed E-state index contributed by atoms with van der Waals surface area (Å²) in [5.41, 5.74) is 10.5. The van der Waals surface area contributed by atoms with Crippen LogP contribution in [0, 0.1) is 6.92 Å². The van der Waals surface area contributed by atoms with Crippen molar-refractivity contribution < 1.29 is 0 Å². The molecule has 0 amide bonds. The topological polar surface area (TPSA) is 38.0 Å². The molecular formula is C17H22N2. The van der Waals surface area contributed by atoms with Crippen molar-refractivity contribution >= 4 is 11.4 Å². The highest BCUT2D eigenvalue weighted by atomic mass is 14.9. The molecule has 19 heavy (non-hydrogen) atoms. The highest BCUT2D eigenvalue weighted by Gasteiger charge is 1.95. The van der Waals surface area contributed by atoms with Crippen LogP contribution in [0.25, 0.3) is 0 Å². The summed E-state index contributed by atoms with van der Waals surface area (Å²) in [6.45, 7) is 3.13. The molecule has 0 saturated heterocycles. The fraction of sp³-hybridized carbons (Fsp3) is 0.294. The van der Waals surface area contributed by atoms with E-state index in [1.807, 2.05) is 12.1 Å². The SMILES string of the molecule is Cc1ccc(NCCCCc2cccc(N)c2)cc1. The number of aryl methyl sites for hydroxylation is 2. The molecule has 0 aliphatic heterocycles. The van der Waals surface area contributed by atoms with E-state index in [1.165, 1.54) is 29.7 Å².